The SMILES string of the molecule is CCCNCc1ccc(-c2cc(C(N)=O)c3[nH]cc(C4CCN(S(=O)(=O)CC)CC4)c3c2)cc1.O=C(O)C(F)(F)F. The number of nitrogens with zero attached hydrogens (tertiary/aromatic N) is 1. The highest BCUT2D eigenvalue weighted by Crippen LogP contribution is 2.37. The van der Waals surface area contributed by atoms with E-state index in [0.29, 0.717) is 18.7 Å². The van der Waals surface area contributed by atoms with Crippen LogP contribution in [-0.2, 0) is 21.4 Å². The summed E-state index contributed by atoms with van der Waals surface area (Å²) in [5.74, 6) is -2.87. The molecule has 41 heavy (non-hydrogen) atoms. The molecule has 3 aromatic rings. The van der Waals surface area contributed by atoms with Crippen molar-refractivity contribution >= 4 is 32.8 Å². The van der Waals surface area contributed by atoms with E-state index in [1.54, 1.807) is 11.2 Å². The number of aliphatic carboxylic acids is 1. The zero-order valence-electron chi connectivity index (χ0n) is 22.9. The average Bonchev–Trinajstić information content (AvgIpc) is 3.37. The largest absolute Gasteiger partial charge is 0.490 e. The van der Waals surface area contributed by atoms with Gasteiger partial charge in [0.05, 0.1) is 16.8 Å². The number of carbonyl (C=O) groups excluding carboxylic acids is 1. The van der Waals surface area contributed by atoms with Gasteiger partial charge in [-0.2, -0.15) is 13.2 Å². The number of alkyl halides is 3. The second-order valence-corrected chi connectivity index (χ2v) is 12.1. The molecule has 0 spiro atoms. The van der Waals surface area contributed by atoms with Gasteiger partial charge < -0.3 is 21.1 Å². The molecule has 0 bridgehead atoms. The predicted octanol–water partition coefficient (Wildman–Crippen LogP) is 4.60. The lowest BCUT2D eigenvalue weighted by atomic mass is 9.88. The van der Waals surface area contributed by atoms with Gasteiger partial charge in [-0.3, -0.25) is 4.79 Å². The Balaban J connectivity index is 0.000000587. The molecule has 1 aliphatic rings. The van der Waals surface area contributed by atoms with Crippen LogP contribution in [0, 0.1) is 0 Å². The van der Waals surface area contributed by atoms with Gasteiger partial charge in [0.15, 0.2) is 0 Å². The number of rotatable bonds is 9. The minimum atomic E-state index is -5.08. The molecule has 9 nitrogen and oxygen atoms in total. The van der Waals surface area contributed by atoms with Crippen LogP contribution in [0.4, 0.5) is 13.2 Å². The summed E-state index contributed by atoms with van der Waals surface area (Å²) in [5, 5.41) is 11.5. The summed E-state index contributed by atoms with van der Waals surface area (Å²) in [4.78, 5) is 24.5. The summed E-state index contributed by atoms with van der Waals surface area (Å²) in [6.07, 6.45) is -0.526. The Hall–Kier alpha value is -3.42. The monoisotopic (exact) mass is 596 g/mol. The van der Waals surface area contributed by atoms with E-state index in [0.717, 1.165) is 59.9 Å². The molecule has 5 N–H and O–H groups in total. The molecule has 1 aromatic heterocycles. The molecule has 224 valence electrons. The number of H-pyrrole nitrogens is 1. The quantitative estimate of drug-likeness (QED) is 0.266. The molecule has 0 aliphatic carbocycles. The first kappa shape index (κ1) is 32.1. The zero-order chi connectivity index (χ0) is 30.4. The van der Waals surface area contributed by atoms with Crippen molar-refractivity contribution in [3.05, 3.63) is 59.3 Å². The lowest BCUT2D eigenvalue weighted by Crippen LogP contribution is -2.38. The highest BCUT2D eigenvalue weighted by Gasteiger charge is 2.38. The molecule has 0 saturated carbocycles. The number of hydrogen-bond donors (Lipinski definition) is 4. The number of aromatic amines is 1. The summed E-state index contributed by atoms with van der Waals surface area (Å²) >= 11 is 0. The summed E-state index contributed by atoms with van der Waals surface area (Å²) in [5.41, 5.74) is 11.3. The fourth-order valence-corrected chi connectivity index (χ4v) is 5.94. The summed E-state index contributed by atoms with van der Waals surface area (Å²) in [6.45, 7) is 6.68. The van der Waals surface area contributed by atoms with Crippen molar-refractivity contribution in [2.24, 2.45) is 5.73 Å². The van der Waals surface area contributed by atoms with Crippen LogP contribution in [0.15, 0.2) is 42.6 Å². The molecule has 1 aliphatic heterocycles. The van der Waals surface area contributed by atoms with Crippen LogP contribution in [0.25, 0.3) is 22.0 Å². The number of carbonyl (C=O) groups is 2. The van der Waals surface area contributed by atoms with Crippen LogP contribution in [0.2, 0.25) is 0 Å². The predicted molar refractivity (Wildman–Crippen MR) is 151 cm³/mol. The van der Waals surface area contributed by atoms with Crippen LogP contribution in [0.5, 0.6) is 0 Å². The van der Waals surface area contributed by atoms with Crippen LogP contribution in [-0.4, -0.2) is 66.3 Å². The number of benzene rings is 2. The van der Waals surface area contributed by atoms with Crippen LogP contribution >= 0.6 is 0 Å². The van der Waals surface area contributed by atoms with E-state index in [2.05, 4.69) is 47.6 Å². The van der Waals surface area contributed by atoms with Gasteiger partial charge in [-0.25, -0.2) is 17.5 Å². The number of aromatic nitrogens is 1. The van der Waals surface area contributed by atoms with E-state index in [9.17, 15) is 26.4 Å². The Bertz CT molecular complexity index is 1460. The zero-order valence-corrected chi connectivity index (χ0v) is 23.7. The molecule has 1 saturated heterocycles. The second kappa shape index (κ2) is 13.5. The Morgan fingerprint density at radius 1 is 1.10 bits per heavy atom. The molecule has 4 rings (SSSR count). The molecular weight excluding hydrogens is 561 g/mol. The van der Waals surface area contributed by atoms with E-state index < -0.39 is 28.1 Å². The second-order valence-electron chi connectivity index (χ2n) is 9.81. The van der Waals surface area contributed by atoms with Gasteiger partial charge in [0.25, 0.3) is 5.91 Å². The number of halogens is 3. The topological polar surface area (TPSA) is 146 Å². The molecule has 2 heterocycles. The van der Waals surface area contributed by atoms with E-state index >= 15 is 0 Å². The van der Waals surface area contributed by atoms with E-state index in [1.165, 1.54) is 5.56 Å². The Labute approximate surface area is 237 Å². The van der Waals surface area contributed by atoms with Gasteiger partial charge in [-0.15, -0.1) is 0 Å². The minimum Gasteiger partial charge on any atom is -0.475 e. The highest BCUT2D eigenvalue weighted by atomic mass is 32.2. The van der Waals surface area contributed by atoms with Crippen molar-refractivity contribution in [3.8, 4) is 11.1 Å². The Morgan fingerprint density at radius 3 is 2.22 bits per heavy atom. The molecule has 1 fully saturated rings. The summed E-state index contributed by atoms with van der Waals surface area (Å²) in [6, 6.07) is 12.3. The van der Waals surface area contributed by atoms with Crippen LogP contribution < -0.4 is 11.1 Å². The van der Waals surface area contributed by atoms with Crippen LogP contribution in [0.1, 0.15) is 60.5 Å². The number of hydrogen-bond acceptors (Lipinski definition) is 5. The van der Waals surface area contributed by atoms with Gasteiger partial charge in [-0.1, -0.05) is 31.2 Å². The maximum atomic E-state index is 12.3. The third-order valence-electron chi connectivity index (χ3n) is 7.02. The van der Waals surface area contributed by atoms with Crippen molar-refractivity contribution in [1.29, 1.82) is 0 Å². The first-order valence-corrected chi connectivity index (χ1v) is 14.9. The smallest absolute Gasteiger partial charge is 0.475 e. The lowest BCUT2D eigenvalue weighted by Gasteiger charge is -2.31. The standard InChI is InChI=1S/C26H34N4O3S.C2HF3O2/c1-3-11-28-16-18-5-7-19(8-6-18)21-14-22-24(17-29-25(22)23(15-21)26(27)31)20-9-12-30(13-10-20)34(32,33)4-2;3-2(4,5)1(6)7/h5-8,14-15,17,20,28-29H,3-4,9-13,16H2,1-2H3,(H2,27,31);(H,6,7). The van der Waals surface area contributed by atoms with Crippen molar-refractivity contribution in [2.45, 2.75) is 51.7 Å². The number of nitrogens with one attached hydrogen (secondary N) is 2. The van der Waals surface area contributed by atoms with Gasteiger partial charge in [-0.05, 0) is 73.0 Å². The maximum absolute atomic E-state index is 12.3. The first-order chi connectivity index (χ1) is 19.3. The number of carboxylic acids is 1. The molecule has 2 aromatic carbocycles. The fourth-order valence-electron chi connectivity index (χ4n) is 4.80. The Kier molecular flexibility index (Phi) is 10.6. The van der Waals surface area contributed by atoms with Crippen molar-refractivity contribution in [1.82, 2.24) is 14.6 Å². The number of amides is 1. The van der Waals surface area contributed by atoms with Crippen LogP contribution in [0.3, 0.4) is 0 Å². The number of primary amides is 1. The lowest BCUT2D eigenvalue weighted by molar-refractivity contribution is -0.192. The fraction of sp³-hybridized carbons (Fsp3) is 0.429. The summed E-state index contributed by atoms with van der Waals surface area (Å²) < 4.78 is 57.8. The van der Waals surface area contributed by atoms with E-state index in [1.807, 2.05) is 12.3 Å². The van der Waals surface area contributed by atoms with E-state index in [4.69, 9.17) is 15.6 Å². The van der Waals surface area contributed by atoms with Gasteiger partial charge in [0.1, 0.15) is 0 Å². The molecular formula is C28H35F3N4O5S. The van der Waals surface area contributed by atoms with Crippen molar-refractivity contribution in [2.75, 3.05) is 25.4 Å². The molecule has 1 amide bonds. The molecule has 0 unspecified atom stereocenters. The van der Waals surface area contributed by atoms with Gasteiger partial charge in [0.2, 0.25) is 10.0 Å². The molecule has 13 heteroatoms. The first-order valence-electron chi connectivity index (χ1n) is 13.3. The maximum Gasteiger partial charge on any atom is 0.490 e. The molecule has 0 radical (unpaired) electrons. The number of nitrogens with two attached hydrogens (primary N) is 1. The third-order valence-corrected chi connectivity index (χ3v) is 8.91. The van der Waals surface area contributed by atoms with Crippen molar-refractivity contribution < 1.29 is 36.3 Å². The number of piperidine rings is 1. The summed E-state index contributed by atoms with van der Waals surface area (Å²) in [7, 11) is -3.17. The Morgan fingerprint density at radius 2 is 1.71 bits per heavy atom. The third kappa shape index (κ3) is 8.08. The number of carboxylic acid groups (broad SMARTS) is 1. The number of fused-ring (bicyclic) bond motifs is 1. The average molecular weight is 597 g/mol. The van der Waals surface area contributed by atoms with Gasteiger partial charge in [0, 0.05) is 31.2 Å². The number of sulfonamides is 1. The minimum absolute atomic E-state index is 0.129. The van der Waals surface area contributed by atoms with Crippen molar-refractivity contribution in [3.63, 3.8) is 0 Å². The highest BCUT2D eigenvalue weighted by molar-refractivity contribution is 7.89. The normalized spacial score (nSPS) is 15.0. The van der Waals surface area contributed by atoms with E-state index in [-0.39, 0.29) is 11.7 Å². The van der Waals surface area contributed by atoms with Gasteiger partial charge >= 0.3 is 12.1 Å². The molecule has 0 atom stereocenters.